The molecule has 0 aromatic heterocycles. The van der Waals surface area contributed by atoms with Crippen LogP contribution in [-0.2, 0) is 19.1 Å². The van der Waals surface area contributed by atoms with E-state index in [0.717, 1.165) is 12.8 Å². The van der Waals surface area contributed by atoms with E-state index in [-0.39, 0.29) is 11.9 Å². The van der Waals surface area contributed by atoms with Crippen molar-refractivity contribution in [1.29, 1.82) is 0 Å². The first-order valence-corrected chi connectivity index (χ1v) is 37.5. The van der Waals surface area contributed by atoms with Crippen molar-refractivity contribution in [2.45, 2.75) is 439 Å². The Kier molecular flexibility index (Phi) is 69.0. The molecule has 0 aliphatic carbocycles. The van der Waals surface area contributed by atoms with E-state index in [4.69, 9.17) is 9.47 Å². The van der Waals surface area contributed by atoms with Crippen LogP contribution in [0.15, 0.2) is 12.2 Å². The molecule has 2 atom stereocenters. The van der Waals surface area contributed by atoms with Crippen LogP contribution in [0, 0.1) is 11.8 Å². The van der Waals surface area contributed by atoms with Gasteiger partial charge < -0.3 is 9.47 Å². The van der Waals surface area contributed by atoms with Crippen molar-refractivity contribution in [3.05, 3.63) is 12.2 Å². The van der Waals surface area contributed by atoms with E-state index in [1.54, 1.807) is 0 Å². The molecule has 0 radical (unpaired) electrons. The van der Waals surface area contributed by atoms with Crippen LogP contribution >= 0.6 is 0 Å². The second-order valence-corrected chi connectivity index (χ2v) is 26.2. The lowest BCUT2D eigenvalue weighted by atomic mass is 9.94. The summed E-state index contributed by atoms with van der Waals surface area (Å²) in [5, 5.41) is 0. The van der Waals surface area contributed by atoms with Gasteiger partial charge in [0.25, 0.3) is 0 Å². The van der Waals surface area contributed by atoms with Crippen LogP contribution in [0.5, 0.6) is 0 Å². The minimum Gasteiger partial charge on any atom is -0.465 e. The van der Waals surface area contributed by atoms with E-state index in [1.165, 1.54) is 385 Å². The fourth-order valence-electron chi connectivity index (χ4n) is 12.3. The molecule has 0 amide bonds. The fourth-order valence-corrected chi connectivity index (χ4v) is 12.3. The van der Waals surface area contributed by atoms with Crippen LogP contribution in [0.2, 0.25) is 0 Å². The predicted molar refractivity (Wildman–Crippen MR) is 356 cm³/mol. The Morgan fingerprint density at radius 1 is 0.237 bits per heavy atom. The lowest BCUT2D eigenvalue weighted by Crippen LogP contribution is -2.14. The van der Waals surface area contributed by atoms with Crippen molar-refractivity contribution in [3.63, 3.8) is 0 Å². The molecule has 0 N–H and O–H groups in total. The SMILES string of the molecule is CCCCCCCCCCC(CCCCCCCC)COC(=O)CCCCCCCCCCCCCCCC/C=C\CCCCCCCCCCCCCCCCC(=O)OCC(CCCCCCCC)CCCCCCCCCC. The Hall–Kier alpha value is -1.32. The first-order valence-electron chi connectivity index (χ1n) is 37.5. The van der Waals surface area contributed by atoms with Crippen LogP contribution in [0.25, 0.3) is 0 Å². The Bertz CT molecular complexity index is 1110. The van der Waals surface area contributed by atoms with Gasteiger partial charge >= 0.3 is 11.9 Å². The molecule has 476 valence electrons. The summed E-state index contributed by atoms with van der Waals surface area (Å²) in [6, 6.07) is 0. The van der Waals surface area contributed by atoms with E-state index >= 15 is 0 Å². The molecular weight excluding hydrogens is 977 g/mol. The maximum Gasteiger partial charge on any atom is 0.305 e. The summed E-state index contributed by atoms with van der Waals surface area (Å²) < 4.78 is 11.7. The third kappa shape index (κ3) is 65.8. The summed E-state index contributed by atoms with van der Waals surface area (Å²) in [6.45, 7) is 10.5. The third-order valence-corrected chi connectivity index (χ3v) is 18.0. The van der Waals surface area contributed by atoms with Crippen molar-refractivity contribution in [2.24, 2.45) is 11.8 Å². The van der Waals surface area contributed by atoms with E-state index in [0.29, 0.717) is 37.9 Å². The first-order chi connectivity index (χ1) is 39.6. The third-order valence-electron chi connectivity index (χ3n) is 18.0. The Morgan fingerprint density at radius 3 is 0.625 bits per heavy atom. The van der Waals surface area contributed by atoms with Crippen molar-refractivity contribution < 1.29 is 19.1 Å². The fraction of sp³-hybridized carbons (Fsp3) is 0.947. The van der Waals surface area contributed by atoms with Gasteiger partial charge in [0.05, 0.1) is 13.2 Å². The molecular formula is C76H148O4. The minimum atomic E-state index is 0.0534. The first kappa shape index (κ1) is 78.7. The molecule has 0 bridgehead atoms. The summed E-state index contributed by atoms with van der Waals surface area (Å²) in [6.07, 6.45) is 89.3. The van der Waals surface area contributed by atoms with E-state index in [9.17, 15) is 9.59 Å². The topological polar surface area (TPSA) is 52.6 Å². The Balaban J connectivity index is 3.60. The molecule has 0 aliphatic heterocycles. The highest BCUT2D eigenvalue weighted by Gasteiger charge is 2.14. The molecule has 0 fully saturated rings. The van der Waals surface area contributed by atoms with E-state index in [1.807, 2.05) is 0 Å². The van der Waals surface area contributed by atoms with Gasteiger partial charge in [0.1, 0.15) is 0 Å². The van der Waals surface area contributed by atoms with Gasteiger partial charge in [0.15, 0.2) is 0 Å². The molecule has 0 saturated carbocycles. The molecule has 0 aromatic rings. The van der Waals surface area contributed by atoms with Gasteiger partial charge in [0.2, 0.25) is 0 Å². The minimum absolute atomic E-state index is 0.0534. The molecule has 4 heteroatoms. The van der Waals surface area contributed by atoms with Crippen molar-refractivity contribution in [3.8, 4) is 0 Å². The number of rotatable bonds is 70. The zero-order valence-electron chi connectivity index (χ0n) is 55.6. The van der Waals surface area contributed by atoms with E-state index in [2.05, 4.69) is 39.8 Å². The van der Waals surface area contributed by atoms with Crippen LogP contribution in [0.3, 0.4) is 0 Å². The molecule has 80 heavy (non-hydrogen) atoms. The summed E-state index contributed by atoms with van der Waals surface area (Å²) in [5.41, 5.74) is 0. The molecule has 0 aliphatic rings. The number of hydrogen-bond donors (Lipinski definition) is 0. The highest BCUT2D eigenvalue weighted by atomic mass is 16.5. The summed E-state index contributed by atoms with van der Waals surface area (Å²) in [5.74, 6) is 1.24. The average Bonchev–Trinajstić information content (AvgIpc) is 3.46. The highest BCUT2D eigenvalue weighted by Crippen LogP contribution is 2.24. The van der Waals surface area contributed by atoms with Gasteiger partial charge in [-0.3, -0.25) is 9.59 Å². The number of ether oxygens (including phenoxy) is 2. The molecule has 0 saturated heterocycles. The summed E-state index contributed by atoms with van der Waals surface area (Å²) in [7, 11) is 0. The quantitative estimate of drug-likeness (QED) is 0.0346. The van der Waals surface area contributed by atoms with Crippen LogP contribution < -0.4 is 0 Å². The standard InChI is InChI=1S/C76H148O4/c1-5-9-13-17-21-49-55-61-67-73(65-59-53-19-15-11-7-3)71-79-75(77)69-63-57-51-47-45-43-41-39-37-35-33-31-29-27-25-23-24-26-28-30-32-34-36-38-40-42-44-46-48-52-58-64-70-76(78)80-72-74(66-60-54-20-16-12-8-4)68-62-56-50-22-18-14-10-6-2/h23-24,73-74H,5-22,25-72H2,1-4H3/b24-23-. The van der Waals surface area contributed by atoms with Crippen LogP contribution in [-0.4, -0.2) is 25.2 Å². The maximum atomic E-state index is 12.6. The number of allylic oxidation sites excluding steroid dienone is 2. The number of esters is 2. The normalized spacial score (nSPS) is 12.5. The summed E-state index contributed by atoms with van der Waals surface area (Å²) >= 11 is 0. The maximum absolute atomic E-state index is 12.6. The Morgan fingerprint density at radius 2 is 0.412 bits per heavy atom. The van der Waals surface area contributed by atoms with Crippen molar-refractivity contribution in [2.75, 3.05) is 13.2 Å². The molecule has 0 spiro atoms. The molecule has 0 rings (SSSR count). The Labute approximate surface area is 504 Å². The lowest BCUT2D eigenvalue weighted by Gasteiger charge is -2.17. The highest BCUT2D eigenvalue weighted by molar-refractivity contribution is 5.69. The van der Waals surface area contributed by atoms with Gasteiger partial charge in [-0.2, -0.15) is 0 Å². The average molecular weight is 1130 g/mol. The second-order valence-electron chi connectivity index (χ2n) is 26.2. The van der Waals surface area contributed by atoms with Gasteiger partial charge in [-0.15, -0.1) is 0 Å². The molecule has 0 aromatic carbocycles. The van der Waals surface area contributed by atoms with Gasteiger partial charge in [-0.25, -0.2) is 0 Å². The van der Waals surface area contributed by atoms with Crippen molar-refractivity contribution >= 4 is 11.9 Å². The van der Waals surface area contributed by atoms with Gasteiger partial charge in [-0.05, 0) is 76.0 Å². The predicted octanol–water partition coefficient (Wildman–Crippen LogP) is 26.9. The number of hydrogen-bond acceptors (Lipinski definition) is 4. The monoisotopic (exact) mass is 1130 g/mol. The van der Waals surface area contributed by atoms with Gasteiger partial charge in [-0.1, -0.05) is 374 Å². The second kappa shape index (κ2) is 70.2. The largest absolute Gasteiger partial charge is 0.465 e. The smallest absolute Gasteiger partial charge is 0.305 e. The molecule has 2 unspecified atom stereocenters. The van der Waals surface area contributed by atoms with Gasteiger partial charge in [0, 0.05) is 12.8 Å². The lowest BCUT2D eigenvalue weighted by molar-refractivity contribution is -0.146. The number of carbonyl (C=O) groups excluding carboxylic acids is 2. The zero-order chi connectivity index (χ0) is 57.8. The summed E-state index contributed by atoms with van der Waals surface area (Å²) in [4.78, 5) is 25.2. The van der Waals surface area contributed by atoms with Crippen LogP contribution in [0.4, 0.5) is 0 Å². The van der Waals surface area contributed by atoms with E-state index < -0.39 is 0 Å². The molecule has 0 heterocycles. The number of carbonyl (C=O) groups is 2. The van der Waals surface area contributed by atoms with Crippen LogP contribution in [0.1, 0.15) is 439 Å². The number of unbranched alkanes of at least 4 members (excludes halogenated alkanes) is 52. The molecule has 4 nitrogen and oxygen atoms in total. The zero-order valence-corrected chi connectivity index (χ0v) is 55.6. The van der Waals surface area contributed by atoms with Crippen molar-refractivity contribution in [1.82, 2.24) is 0 Å².